The van der Waals surface area contributed by atoms with Gasteiger partial charge < -0.3 is 9.63 Å². The second-order valence-electron chi connectivity index (χ2n) is 4.23. The van der Waals surface area contributed by atoms with Gasteiger partial charge in [-0.2, -0.15) is 0 Å². The van der Waals surface area contributed by atoms with Crippen molar-refractivity contribution in [2.24, 2.45) is 11.8 Å². The van der Waals surface area contributed by atoms with Gasteiger partial charge in [0.1, 0.15) is 0 Å². The molecule has 4 nitrogen and oxygen atoms in total. The van der Waals surface area contributed by atoms with Gasteiger partial charge in [0, 0.05) is 6.61 Å². The van der Waals surface area contributed by atoms with Gasteiger partial charge in [-0.05, 0) is 37.5 Å². The standard InChI is InChI=1S/C11H20NO3P/c1-2-7-12-16(14)15-9-11-5-3-10(8-13)4-6-11/h1,10-11,13,16H,3-9H2,(H,12,14). The van der Waals surface area contributed by atoms with Crippen LogP contribution in [0.25, 0.3) is 0 Å². The van der Waals surface area contributed by atoms with Gasteiger partial charge >= 0.3 is 0 Å². The van der Waals surface area contributed by atoms with E-state index in [0.29, 0.717) is 18.4 Å². The van der Waals surface area contributed by atoms with Crippen LogP contribution in [0.15, 0.2) is 0 Å². The molecule has 0 heterocycles. The van der Waals surface area contributed by atoms with Crippen molar-refractivity contribution in [1.82, 2.24) is 5.09 Å². The molecule has 1 atom stereocenters. The Kier molecular flexibility index (Phi) is 6.75. The Bertz CT molecular complexity index is 256. The molecule has 0 saturated heterocycles. The van der Waals surface area contributed by atoms with Crippen molar-refractivity contribution in [3.63, 3.8) is 0 Å². The topological polar surface area (TPSA) is 58.6 Å². The average Bonchev–Trinajstić information content (AvgIpc) is 2.34. The van der Waals surface area contributed by atoms with E-state index in [9.17, 15) is 4.57 Å². The summed E-state index contributed by atoms with van der Waals surface area (Å²) in [7, 11) is -2.16. The third kappa shape index (κ3) is 5.14. The number of aliphatic hydroxyl groups is 1. The van der Waals surface area contributed by atoms with Crippen LogP contribution in [0.5, 0.6) is 0 Å². The summed E-state index contributed by atoms with van der Waals surface area (Å²) < 4.78 is 16.5. The summed E-state index contributed by atoms with van der Waals surface area (Å²) >= 11 is 0. The Morgan fingerprint density at radius 2 is 2.00 bits per heavy atom. The summed E-state index contributed by atoms with van der Waals surface area (Å²) in [5.74, 6) is 3.28. The van der Waals surface area contributed by atoms with E-state index in [2.05, 4.69) is 11.0 Å². The van der Waals surface area contributed by atoms with Gasteiger partial charge in [-0.3, -0.25) is 4.57 Å². The van der Waals surface area contributed by atoms with Crippen molar-refractivity contribution in [3.8, 4) is 12.3 Å². The van der Waals surface area contributed by atoms with Gasteiger partial charge in [0.25, 0.3) is 8.18 Å². The van der Waals surface area contributed by atoms with E-state index in [1.54, 1.807) is 0 Å². The maximum atomic E-state index is 11.3. The Hall–Kier alpha value is -0.330. The van der Waals surface area contributed by atoms with E-state index in [1.165, 1.54) is 0 Å². The molecule has 0 aromatic rings. The molecule has 1 aliphatic rings. The van der Waals surface area contributed by atoms with Crippen LogP contribution in [0.4, 0.5) is 0 Å². The van der Waals surface area contributed by atoms with Crippen LogP contribution in [0.3, 0.4) is 0 Å². The smallest absolute Gasteiger partial charge is 0.259 e. The molecule has 0 aromatic heterocycles. The predicted octanol–water partition coefficient (Wildman–Crippen LogP) is 1.41. The minimum atomic E-state index is -2.16. The summed E-state index contributed by atoms with van der Waals surface area (Å²) in [5, 5.41) is 11.6. The van der Waals surface area contributed by atoms with E-state index in [1.807, 2.05) is 0 Å². The number of aliphatic hydroxyl groups excluding tert-OH is 1. The molecule has 0 spiro atoms. The highest BCUT2D eigenvalue weighted by atomic mass is 31.1. The van der Waals surface area contributed by atoms with Crippen LogP contribution >= 0.6 is 8.18 Å². The Balaban J connectivity index is 2.10. The van der Waals surface area contributed by atoms with Crippen molar-refractivity contribution in [1.29, 1.82) is 0 Å². The van der Waals surface area contributed by atoms with E-state index < -0.39 is 8.18 Å². The van der Waals surface area contributed by atoms with Gasteiger partial charge in [-0.15, -0.1) is 6.42 Å². The number of hydrogen-bond donors (Lipinski definition) is 2. The minimum Gasteiger partial charge on any atom is -0.396 e. The lowest BCUT2D eigenvalue weighted by Crippen LogP contribution is -2.20. The molecule has 16 heavy (non-hydrogen) atoms. The van der Waals surface area contributed by atoms with E-state index >= 15 is 0 Å². The summed E-state index contributed by atoms with van der Waals surface area (Å²) in [6, 6.07) is 0. The lowest BCUT2D eigenvalue weighted by molar-refractivity contribution is 0.141. The van der Waals surface area contributed by atoms with Gasteiger partial charge in [-0.1, -0.05) is 5.92 Å². The molecule has 0 amide bonds. The highest BCUT2D eigenvalue weighted by Gasteiger charge is 2.20. The predicted molar refractivity (Wildman–Crippen MR) is 64.3 cm³/mol. The molecule has 2 N–H and O–H groups in total. The molecular weight excluding hydrogens is 225 g/mol. The monoisotopic (exact) mass is 245 g/mol. The van der Waals surface area contributed by atoms with Crippen LogP contribution in [-0.2, 0) is 9.09 Å². The fourth-order valence-electron chi connectivity index (χ4n) is 1.95. The summed E-state index contributed by atoms with van der Waals surface area (Å²) in [4.78, 5) is 0. The third-order valence-corrected chi connectivity index (χ3v) is 3.90. The van der Waals surface area contributed by atoms with Gasteiger partial charge in [0.15, 0.2) is 0 Å². The van der Waals surface area contributed by atoms with Crippen LogP contribution in [0.1, 0.15) is 25.7 Å². The molecule has 1 aliphatic carbocycles. The van der Waals surface area contributed by atoms with Crippen molar-refractivity contribution in [2.45, 2.75) is 25.7 Å². The largest absolute Gasteiger partial charge is 0.396 e. The summed E-state index contributed by atoms with van der Waals surface area (Å²) in [6.07, 6.45) is 9.22. The number of nitrogens with one attached hydrogen (secondary N) is 1. The molecule has 0 aromatic carbocycles. The molecule has 0 aliphatic heterocycles. The van der Waals surface area contributed by atoms with Crippen LogP contribution in [-0.4, -0.2) is 24.9 Å². The first-order chi connectivity index (χ1) is 7.76. The van der Waals surface area contributed by atoms with E-state index in [-0.39, 0.29) is 13.2 Å². The summed E-state index contributed by atoms with van der Waals surface area (Å²) in [6.45, 7) is 1.11. The molecule has 0 bridgehead atoms. The van der Waals surface area contributed by atoms with Crippen molar-refractivity contribution in [2.75, 3.05) is 19.8 Å². The second-order valence-corrected chi connectivity index (χ2v) is 5.44. The SMILES string of the molecule is C#CCN[PH](=O)OCC1CCC(CO)CC1. The van der Waals surface area contributed by atoms with E-state index in [0.717, 1.165) is 25.7 Å². The van der Waals surface area contributed by atoms with Crippen molar-refractivity contribution >= 4 is 8.18 Å². The first kappa shape index (κ1) is 13.7. The molecule has 92 valence electrons. The van der Waals surface area contributed by atoms with Gasteiger partial charge in [-0.25, -0.2) is 5.09 Å². The third-order valence-electron chi connectivity index (χ3n) is 3.01. The van der Waals surface area contributed by atoms with Crippen molar-refractivity contribution in [3.05, 3.63) is 0 Å². The number of terminal acetylenes is 1. The zero-order chi connectivity index (χ0) is 11.8. The lowest BCUT2D eigenvalue weighted by atomic mass is 9.83. The highest BCUT2D eigenvalue weighted by molar-refractivity contribution is 7.36. The zero-order valence-electron chi connectivity index (χ0n) is 9.45. The highest BCUT2D eigenvalue weighted by Crippen LogP contribution is 2.30. The Morgan fingerprint density at radius 3 is 2.56 bits per heavy atom. The summed E-state index contributed by atoms with van der Waals surface area (Å²) in [5.41, 5.74) is 0. The minimum absolute atomic E-state index is 0.286. The molecule has 5 heteroatoms. The normalized spacial score (nSPS) is 27.2. The molecule has 1 unspecified atom stereocenters. The molecule has 1 saturated carbocycles. The fraction of sp³-hybridized carbons (Fsp3) is 0.818. The first-order valence-electron chi connectivity index (χ1n) is 5.71. The van der Waals surface area contributed by atoms with Crippen LogP contribution in [0, 0.1) is 24.2 Å². The number of hydrogen-bond acceptors (Lipinski definition) is 3. The second kappa shape index (κ2) is 7.86. The van der Waals surface area contributed by atoms with E-state index in [4.69, 9.17) is 16.1 Å². The Morgan fingerprint density at radius 1 is 1.38 bits per heavy atom. The maximum Gasteiger partial charge on any atom is 0.259 e. The molecule has 0 radical (unpaired) electrons. The lowest BCUT2D eigenvalue weighted by Gasteiger charge is -2.26. The van der Waals surface area contributed by atoms with Crippen LogP contribution in [0.2, 0.25) is 0 Å². The molecule has 1 fully saturated rings. The fourth-order valence-corrected chi connectivity index (χ4v) is 2.68. The first-order valence-corrected chi connectivity index (χ1v) is 7.02. The average molecular weight is 245 g/mol. The van der Waals surface area contributed by atoms with Crippen molar-refractivity contribution < 1.29 is 14.2 Å². The van der Waals surface area contributed by atoms with Gasteiger partial charge in [0.2, 0.25) is 0 Å². The van der Waals surface area contributed by atoms with Crippen LogP contribution < -0.4 is 5.09 Å². The Labute approximate surface area is 97.7 Å². The quantitative estimate of drug-likeness (QED) is 0.549. The maximum absolute atomic E-state index is 11.3. The molecular formula is C11H20NO3P. The van der Waals surface area contributed by atoms with Gasteiger partial charge in [0.05, 0.1) is 13.2 Å². The molecule has 1 rings (SSSR count). The zero-order valence-corrected chi connectivity index (χ0v) is 10.4. The number of rotatable bonds is 6.